The highest BCUT2D eigenvalue weighted by molar-refractivity contribution is 7.90. The third-order valence-corrected chi connectivity index (χ3v) is 4.82. The Morgan fingerprint density at radius 1 is 1.19 bits per heavy atom. The van der Waals surface area contributed by atoms with Crippen LogP contribution in [0.5, 0.6) is 0 Å². The fourth-order valence-electron chi connectivity index (χ4n) is 1.98. The molecule has 114 valence electrons. The van der Waals surface area contributed by atoms with E-state index in [2.05, 4.69) is 24.0 Å². The van der Waals surface area contributed by atoms with E-state index in [0.717, 1.165) is 12.0 Å². The lowest BCUT2D eigenvalue weighted by molar-refractivity contribution is 0.382. The van der Waals surface area contributed by atoms with Crippen molar-refractivity contribution in [1.82, 2.24) is 10.1 Å². The summed E-state index contributed by atoms with van der Waals surface area (Å²) in [6.07, 6.45) is 1.58. The van der Waals surface area contributed by atoms with Crippen LogP contribution >= 0.6 is 0 Å². The van der Waals surface area contributed by atoms with Crippen LogP contribution in [0.15, 0.2) is 33.7 Å². The maximum atomic E-state index is 12.3. The molecular formula is C15H20N2O3S. The predicted octanol–water partition coefficient (Wildman–Crippen LogP) is 3.12. The van der Waals surface area contributed by atoms with Gasteiger partial charge in [0.05, 0.1) is 4.90 Å². The van der Waals surface area contributed by atoms with Crippen molar-refractivity contribution in [3.63, 3.8) is 0 Å². The number of aromatic nitrogens is 2. The van der Waals surface area contributed by atoms with Crippen LogP contribution in [0.25, 0.3) is 0 Å². The number of sulfone groups is 1. The summed E-state index contributed by atoms with van der Waals surface area (Å²) >= 11 is 0. The van der Waals surface area contributed by atoms with Crippen molar-refractivity contribution in [3.8, 4) is 0 Å². The van der Waals surface area contributed by atoms with Crippen LogP contribution in [0.3, 0.4) is 0 Å². The second kappa shape index (κ2) is 6.39. The lowest BCUT2D eigenvalue weighted by Gasteiger charge is -2.06. The second-order valence-electron chi connectivity index (χ2n) is 5.34. The zero-order valence-corrected chi connectivity index (χ0v) is 13.4. The molecule has 21 heavy (non-hydrogen) atoms. The van der Waals surface area contributed by atoms with E-state index in [0.29, 0.717) is 18.2 Å². The Labute approximate surface area is 125 Å². The van der Waals surface area contributed by atoms with E-state index in [4.69, 9.17) is 4.52 Å². The largest absolute Gasteiger partial charge is 0.338 e. The topological polar surface area (TPSA) is 73.1 Å². The van der Waals surface area contributed by atoms with Gasteiger partial charge in [0.25, 0.3) is 0 Å². The molecule has 0 saturated heterocycles. The zero-order chi connectivity index (χ0) is 15.5. The van der Waals surface area contributed by atoms with Crippen molar-refractivity contribution in [2.75, 3.05) is 0 Å². The van der Waals surface area contributed by atoms with Crippen LogP contribution in [-0.2, 0) is 22.0 Å². The van der Waals surface area contributed by atoms with Gasteiger partial charge in [-0.1, -0.05) is 38.1 Å². The molecule has 0 N–H and O–H groups in total. The molecule has 1 aromatic heterocycles. The van der Waals surface area contributed by atoms with Gasteiger partial charge in [-0.25, -0.2) is 8.42 Å². The van der Waals surface area contributed by atoms with Crippen molar-refractivity contribution >= 4 is 9.84 Å². The maximum absolute atomic E-state index is 12.3. The molecule has 2 rings (SSSR count). The third-order valence-electron chi connectivity index (χ3n) is 3.20. The molecule has 6 heteroatoms. The van der Waals surface area contributed by atoms with Crippen molar-refractivity contribution in [2.24, 2.45) is 0 Å². The number of rotatable bonds is 6. The van der Waals surface area contributed by atoms with Gasteiger partial charge in [0.2, 0.25) is 5.89 Å². The minimum atomic E-state index is -3.45. The van der Waals surface area contributed by atoms with E-state index in [1.165, 1.54) is 0 Å². The van der Waals surface area contributed by atoms with E-state index in [9.17, 15) is 8.42 Å². The van der Waals surface area contributed by atoms with Gasteiger partial charge < -0.3 is 4.52 Å². The molecule has 0 atom stereocenters. The molecule has 2 aromatic rings. The predicted molar refractivity (Wildman–Crippen MR) is 79.7 cm³/mol. The molecule has 0 aliphatic rings. The Morgan fingerprint density at radius 3 is 2.43 bits per heavy atom. The summed E-state index contributed by atoms with van der Waals surface area (Å²) in [5.74, 6) is 0.809. The molecule has 0 fully saturated rings. The number of hydrogen-bond donors (Lipinski definition) is 0. The summed E-state index contributed by atoms with van der Waals surface area (Å²) < 4.78 is 29.6. The molecule has 0 saturated carbocycles. The summed E-state index contributed by atoms with van der Waals surface area (Å²) in [6.45, 7) is 6.14. The Balaban J connectivity index is 2.17. The average Bonchev–Trinajstić information content (AvgIpc) is 2.86. The Kier molecular flexibility index (Phi) is 4.77. The summed E-state index contributed by atoms with van der Waals surface area (Å²) in [4.78, 5) is 4.38. The van der Waals surface area contributed by atoms with E-state index in [-0.39, 0.29) is 16.5 Å². The van der Waals surface area contributed by atoms with Crippen LogP contribution < -0.4 is 0 Å². The number of nitrogens with zero attached hydrogens (tertiary/aromatic N) is 2. The molecular weight excluding hydrogens is 288 g/mol. The molecule has 0 radical (unpaired) electrons. The Bertz CT molecular complexity index is 688. The first kappa shape index (κ1) is 15.7. The molecule has 0 spiro atoms. The highest BCUT2D eigenvalue weighted by atomic mass is 32.2. The molecule has 5 nitrogen and oxygen atoms in total. The van der Waals surface area contributed by atoms with Crippen molar-refractivity contribution in [1.29, 1.82) is 0 Å². The zero-order valence-electron chi connectivity index (χ0n) is 12.5. The first-order valence-corrected chi connectivity index (χ1v) is 8.71. The number of aryl methyl sites for hydroxylation is 1. The molecule has 1 aromatic carbocycles. The number of benzene rings is 1. The quantitative estimate of drug-likeness (QED) is 0.819. The normalized spacial score (nSPS) is 12.0. The van der Waals surface area contributed by atoms with Crippen LogP contribution in [0.1, 0.15) is 50.4 Å². The third kappa shape index (κ3) is 3.91. The van der Waals surface area contributed by atoms with Crippen LogP contribution in [-0.4, -0.2) is 18.6 Å². The highest BCUT2D eigenvalue weighted by Gasteiger charge is 2.19. The lowest BCUT2D eigenvalue weighted by Crippen LogP contribution is -2.05. The Morgan fingerprint density at radius 2 is 1.86 bits per heavy atom. The second-order valence-corrected chi connectivity index (χ2v) is 7.33. The van der Waals surface area contributed by atoms with Gasteiger partial charge in [0, 0.05) is 6.42 Å². The van der Waals surface area contributed by atoms with Crippen LogP contribution in [0, 0.1) is 0 Å². The van der Waals surface area contributed by atoms with Gasteiger partial charge >= 0.3 is 0 Å². The fraction of sp³-hybridized carbons (Fsp3) is 0.467. The van der Waals surface area contributed by atoms with Crippen molar-refractivity contribution in [3.05, 3.63) is 41.5 Å². The van der Waals surface area contributed by atoms with Gasteiger partial charge in [0.1, 0.15) is 5.75 Å². The molecule has 0 unspecified atom stereocenters. The van der Waals surface area contributed by atoms with Crippen molar-refractivity contribution < 1.29 is 12.9 Å². The van der Waals surface area contributed by atoms with Gasteiger partial charge in [-0.2, -0.15) is 4.98 Å². The standard InChI is InChI=1S/C15H20N2O3S/c1-4-5-14-16-15(20-17-14)10-21(18,19)13-8-6-12(7-9-13)11(2)3/h6-9,11H,4-5,10H2,1-3H3. The highest BCUT2D eigenvalue weighted by Crippen LogP contribution is 2.20. The van der Waals surface area contributed by atoms with E-state index < -0.39 is 9.84 Å². The average molecular weight is 308 g/mol. The van der Waals surface area contributed by atoms with Gasteiger partial charge in [-0.3, -0.25) is 0 Å². The number of hydrogen-bond acceptors (Lipinski definition) is 5. The van der Waals surface area contributed by atoms with E-state index in [1.54, 1.807) is 12.1 Å². The summed E-state index contributed by atoms with van der Waals surface area (Å²) in [7, 11) is -3.45. The van der Waals surface area contributed by atoms with Gasteiger partial charge in [-0.05, 0) is 30.0 Å². The molecule has 0 aliphatic carbocycles. The van der Waals surface area contributed by atoms with Crippen LogP contribution in [0.2, 0.25) is 0 Å². The van der Waals surface area contributed by atoms with E-state index >= 15 is 0 Å². The Hall–Kier alpha value is -1.69. The van der Waals surface area contributed by atoms with Gasteiger partial charge in [-0.15, -0.1) is 0 Å². The first-order chi connectivity index (χ1) is 9.92. The SMILES string of the molecule is CCCc1noc(CS(=O)(=O)c2ccc(C(C)C)cc2)n1. The monoisotopic (exact) mass is 308 g/mol. The van der Waals surface area contributed by atoms with Crippen molar-refractivity contribution in [2.45, 2.75) is 50.2 Å². The summed E-state index contributed by atoms with van der Waals surface area (Å²) in [5.41, 5.74) is 1.11. The minimum absolute atomic E-state index is 0.145. The molecule has 0 aliphatic heterocycles. The van der Waals surface area contributed by atoms with E-state index in [1.807, 2.05) is 19.1 Å². The summed E-state index contributed by atoms with van der Waals surface area (Å²) in [5, 5.41) is 3.77. The summed E-state index contributed by atoms with van der Waals surface area (Å²) in [6, 6.07) is 6.95. The maximum Gasteiger partial charge on any atom is 0.242 e. The van der Waals surface area contributed by atoms with Crippen LogP contribution in [0.4, 0.5) is 0 Å². The first-order valence-electron chi connectivity index (χ1n) is 7.06. The molecule has 0 amide bonds. The fourth-order valence-corrected chi connectivity index (χ4v) is 3.14. The molecule has 1 heterocycles. The smallest absolute Gasteiger partial charge is 0.242 e. The minimum Gasteiger partial charge on any atom is -0.338 e. The molecule has 0 bridgehead atoms. The lowest BCUT2D eigenvalue weighted by atomic mass is 10.0. The van der Waals surface area contributed by atoms with Gasteiger partial charge in [0.15, 0.2) is 15.7 Å².